The summed E-state index contributed by atoms with van der Waals surface area (Å²) in [6, 6.07) is 25.5. The molecule has 35 heavy (non-hydrogen) atoms. The number of anilines is 2. The lowest BCUT2D eigenvalue weighted by Gasteiger charge is -2.28. The average molecular weight is 463 g/mol. The Hall–Kier alpha value is -4.90. The topological polar surface area (TPSA) is 105 Å². The van der Waals surface area contributed by atoms with Gasteiger partial charge in [-0.05, 0) is 61.0 Å². The van der Waals surface area contributed by atoms with Gasteiger partial charge in [0.25, 0.3) is 5.91 Å². The number of carbonyl (C=O) groups is 1. The molecule has 1 aliphatic rings. The largest absolute Gasteiger partial charge is 0.497 e. The molecule has 0 fully saturated rings. The van der Waals surface area contributed by atoms with Crippen LogP contribution in [0, 0.1) is 11.3 Å². The first-order chi connectivity index (χ1) is 17.1. The van der Waals surface area contributed by atoms with E-state index < -0.39 is 6.04 Å². The molecule has 1 aromatic heterocycles. The van der Waals surface area contributed by atoms with Crippen molar-refractivity contribution in [1.82, 2.24) is 14.8 Å². The van der Waals surface area contributed by atoms with E-state index in [-0.39, 0.29) is 5.91 Å². The van der Waals surface area contributed by atoms with Crippen LogP contribution >= 0.6 is 0 Å². The molecule has 0 radical (unpaired) electrons. The first-order valence-electron chi connectivity index (χ1n) is 11.0. The molecule has 0 aliphatic carbocycles. The van der Waals surface area contributed by atoms with Crippen molar-refractivity contribution in [3.63, 3.8) is 0 Å². The molecule has 3 aromatic carbocycles. The summed E-state index contributed by atoms with van der Waals surface area (Å²) in [5.74, 6) is 1.54. The van der Waals surface area contributed by atoms with E-state index in [2.05, 4.69) is 16.7 Å². The summed E-state index contributed by atoms with van der Waals surface area (Å²) in [6.45, 7) is 1.85. The lowest BCUT2D eigenvalue weighted by atomic mass is 9.94. The number of nitrogens with one attached hydrogen (secondary N) is 2. The van der Waals surface area contributed by atoms with Crippen LogP contribution < -0.4 is 15.4 Å². The second-order valence-corrected chi connectivity index (χ2v) is 8.05. The second kappa shape index (κ2) is 9.15. The highest BCUT2D eigenvalue weighted by atomic mass is 16.5. The predicted molar refractivity (Wildman–Crippen MR) is 133 cm³/mol. The maximum absolute atomic E-state index is 13.5. The van der Waals surface area contributed by atoms with Crippen molar-refractivity contribution in [3.05, 3.63) is 101 Å². The zero-order valence-corrected chi connectivity index (χ0v) is 19.2. The van der Waals surface area contributed by atoms with Crippen molar-refractivity contribution in [2.75, 3.05) is 17.7 Å². The Labute approximate surface area is 202 Å². The SMILES string of the molecule is COc1ccc(-c2nc3n(n2)C(c2ccc(C#N)cc2)C(C(=O)Nc2ccccc2)=C(C)N3)cc1. The van der Waals surface area contributed by atoms with Crippen LogP contribution in [0.15, 0.2) is 90.1 Å². The third-order valence-corrected chi connectivity index (χ3v) is 5.83. The number of rotatable bonds is 5. The molecule has 1 atom stereocenters. The Balaban J connectivity index is 1.59. The summed E-state index contributed by atoms with van der Waals surface area (Å²) in [5.41, 5.74) is 4.05. The van der Waals surface area contributed by atoms with Gasteiger partial charge in [0.1, 0.15) is 11.8 Å². The fourth-order valence-corrected chi connectivity index (χ4v) is 4.08. The molecule has 5 rings (SSSR count). The van der Waals surface area contributed by atoms with Crippen molar-refractivity contribution in [2.45, 2.75) is 13.0 Å². The second-order valence-electron chi connectivity index (χ2n) is 8.05. The zero-order valence-electron chi connectivity index (χ0n) is 19.2. The van der Waals surface area contributed by atoms with Crippen LogP contribution in [0.2, 0.25) is 0 Å². The first kappa shape index (κ1) is 21.9. The molecule has 0 saturated heterocycles. The standard InChI is InChI=1S/C27H22N6O2/c1-17-23(26(34)30-21-6-4-3-5-7-21)24(19-10-8-18(16-28)9-11-19)33-27(29-17)31-25(32-33)20-12-14-22(35-2)15-13-20/h3-15,24H,1-2H3,(H,30,34)(H,29,31,32). The number of nitrogens with zero attached hydrogens (tertiary/aromatic N) is 4. The highest BCUT2D eigenvalue weighted by molar-refractivity contribution is 6.06. The number of allylic oxidation sites excluding steroid dienone is 1. The molecule has 1 unspecified atom stereocenters. The fourth-order valence-electron chi connectivity index (χ4n) is 4.08. The summed E-state index contributed by atoms with van der Waals surface area (Å²) >= 11 is 0. The van der Waals surface area contributed by atoms with Gasteiger partial charge in [-0.15, -0.1) is 5.10 Å². The average Bonchev–Trinajstić information content (AvgIpc) is 3.32. The molecule has 8 heteroatoms. The number of fused-ring (bicyclic) bond motifs is 1. The van der Waals surface area contributed by atoms with Gasteiger partial charge in [-0.25, -0.2) is 4.68 Å². The van der Waals surface area contributed by atoms with Gasteiger partial charge in [0.15, 0.2) is 5.82 Å². The van der Waals surface area contributed by atoms with Crippen LogP contribution in [0.1, 0.15) is 24.1 Å². The number of methoxy groups -OCH3 is 1. The molecule has 0 bridgehead atoms. The number of ether oxygens (including phenoxy) is 1. The van der Waals surface area contributed by atoms with E-state index in [9.17, 15) is 10.1 Å². The lowest BCUT2D eigenvalue weighted by molar-refractivity contribution is -0.113. The fraction of sp³-hybridized carbons (Fsp3) is 0.111. The summed E-state index contributed by atoms with van der Waals surface area (Å²) < 4.78 is 6.97. The molecule has 0 spiro atoms. The van der Waals surface area contributed by atoms with Crippen molar-refractivity contribution >= 4 is 17.5 Å². The number of amides is 1. The zero-order chi connectivity index (χ0) is 24.4. The predicted octanol–water partition coefficient (Wildman–Crippen LogP) is 4.75. The minimum Gasteiger partial charge on any atom is -0.497 e. The van der Waals surface area contributed by atoms with Crippen LogP contribution in [0.4, 0.5) is 11.6 Å². The first-order valence-corrected chi connectivity index (χ1v) is 11.0. The Morgan fingerprint density at radius 1 is 1.06 bits per heavy atom. The molecular formula is C27H22N6O2. The van der Waals surface area contributed by atoms with Crippen molar-refractivity contribution < 1.29 is 9.53 Å². The van der Waals surface area contributed by atoms with Crippen LogP contribution in [-0.4, -0.2) is 27.8 Å². The maximum atomic E-state index is 13.5. The normalized spacial score (nSPS) is 14.5. The highest BCUT2D eigenvalue weighted by Gasteiger charge is 2.34. The Bertz CT molecular complexity index is 1450. The highest BCUT2D eigenvalue weighted by Crippen LogP contribution is 2.37. The quantitative estimate of drug-likeness (QED) is 0.443. The van der Waals surface area contributed by atoms with Crippen molar-refractivity contribution in [2.24, 2.45) is 0 Å². The number of para-hydroxylation sites is 1. The number of aromatic nitrogens is 3. The Morgan fingerprint density at radius 3 is 2.43 bits per heavy atom. The third kappa shape index (κ3) is 4.23. The molecule has 172 valence electrons. The molecule has 1 aliphatic heterocycles. The molecule has 1 amide bonds. The molecule has 8 nitrogen and oxygen atoms in total. The van der Waals surface area contributed by atoms with Gasteiger partial charge in [0.05, 0.1) is 24.3 Å². The van der Waals surface area contributed by atoms with Gasteiger partial charge < -0.3 is 15.4 Å². The van der Waals surface area contributed by atoms with Crippen molar-refractivity contribution in [3.8, 4) is 23.2 Å². The van der Waals surface area contributed by atoms with Crippen LogP contribution in [0.3, 0.4) is 0 Å². The van der Waals surface area contributed by atoms with E-state index in [0.717, 1.165) is 16.9 Å². The van der Waals surface area contributed by atoms with E-state index in [0.29, 0.717) is 34.3 Å². The monoisotopic (exact) mass is 462 g/mol. The smallest absolute Gasteiger partial charge is 0.255 e. The third-order valence-electron chi connectivity index (χ3n) is 5.83. The van der Waals surface area contributed by atoms with E-state index in [1.54, 1.807) is 23.9 Å². The van der Waals surface area contributed by atoms with E-state index >= 15 is 0 Å². The molecule has 0 saturated carbocycles. The molecular weight excluding hydrogens is 440 g/mol. The lowest BCUT2D eigenvalue weighted by Crippen LogP contribution is -2.31. The van der Waals surface area contributed by atoms with Gasteiger partial charge >= 0.3 is 0 Å². The van der Waals surface area contributed by atoms with Crippen LogP contribution in [-0.2, 0) is 4.79 Å². The van der Waals surface area contributed by atoms with E-state index in [4.69, 9.17) is 14.8 Å². The van der Waals surface area contributed by atoms with Gasteiger partial charge in [-0.2, -0.15) is 10.2 Å². The summed E-state index contributed by atoms with van der Waals surface area (Å²) in [5, 5.41) is 20.2. The van der Waals surface area contributed by atoms with Gasteiger partial charge in [0, 0.05) is 16.9 Å². The number of nitriles is 1. The minimum absolute atomic E-state index is 0.247. The van der Waals surface area contributed by atoms with Gasteiger partial charge in [0.2, 0.25) is 5.95 Å². The van der Waals surface area contributed by atoms with E-state index in [1.165, 1.54) is 0 Å². The molecule has 4 aromatic rings. The molecule has 2 heterocycles. The minimum atomic E-state index is -0.540. The summed E-state index contributed by atoms with van der Waals surface area (Å²) in [7, 11) is 1.62. The van der Waals surface area contributed by atoms with E-state index in [1.807, 2.05) is 73.7 Å². The Kier molecular flexibility index (Phi) is 5.73. The van der Waals surface area contributed by atoms with Gasteiger partial charge in [-0.1, -0.05) is 30.3 Å². The number of benzene rings is 3. The van der Waals surface area contributed by atoms with Crippen LogP contribution in [0.25, 0.3) is 11.4 Å². The summed E-state index contributed by atoms with van der Waals surface area (Å²) in [4.78, 5) is 18.2. The van der Waals surface area contributed by atoms with Crippen LogP contribution in [0.5, 0.6) is 5.75 Å². The summed E-state index contributed by atoms with van der Waals surface area (Å²) in [6.07, 6.45) is 0. The maximum Gasteiger partial charge on any atom is 0.255 e. The number of carbonyl (C=O) groups excluding carboxylic acids is 1. The number of hydrogen-bond acceptors (Lipinski definition) is 6. The van der Waals surface area contributed by atoms with Gasteiger partial charge in [-0.3, -0.25) is 4.79 Å². The number of hydrogen-bond donors (Lipinski definition) is 2. The Morgan fingerprint density at radius 2 is 1.77 bits per heavy atom. The molecule has 2 N–H and O–H groups in total. The van der Waals surface area contributed by atoms with Crippen molar-refractivity contribution in [1.29, 1.82) is 5.26 Å².